The van der Waals surface area contributed by atoms with E-state index in [0.29, 0.717) is 0 Å². The van der Waals surface area contributed by atoms with Crippen LogP contribution in [0, 0.1) is 0 Å². The lowest BCUT2D eigenvalue weighted by Crippen LogP contribution is -2.09. The van der Waals surface area contributed by atoms with Crippen LogP contribution in [0.2, 0.25) is 0 Å². The minimum Gasteiger partial charge on any atom is -0.378 e. The molecule has 5 heteroatoms. The molecule has 1 heterocycles. The molecule has 2 aromatic carbocycles. The Labute approximate surface area is 148 Å². The summed E-state index contributed by atoms with van der Waals surface area (Å²) >= 11 is 0. The summed E-state index contributed by atoms with van der Waals surface area (Å²) in [6, 6.07) is 20.6. The highest BCUT2D eigenvalue weighted by Crippen LogP contribution is 2.22. The van der Waals surface area contributed by atoms with Crippen LogP contribution < -0.4 is 15.5 Å². The van der Waals surface area contributed by atoms with Crippen LogP contribution in [0.25, 0.3) is 0 Å². The van der Waals surface area contributed by atoms with Gasteiger partial charge >= 0.3 is 0 Å². The van der Waals surface area contributed by atoms with Crippen molar-refractivity contribution in [3.63, 3.8) is 0 Å². The van der Waals surface area contributed by atoms with Crippen molar-refractivity contribution in [2.75, 3.05) is 29.6 Å². The van der Waals surface area contributed by atoms with E-state index in [4.69, 9.17) is 0 Å². The lowest BCUT2D eigenvalue weighted by molar-refractivity contribution is 0.872. The number of benzene rings is 2. The second kappa shape index (κ2) is 7.66. The second-order valence-corrected chi connectivity index (χ2v) is 6.13. The van der Waals surface area contributed by atoms with Crippen LogP contribution >= 0.6 is 0 Å². The Morgan fingerprint density at radius 3 is 2.24 bits per heavy atom. The predicted octanol–water partition coefficient (Wildman–Crippen LogP) is 4.46. The number of nitrogens with one attached hydrogen (secondary N) is 2. The molecule has 0 aliphatic carbocycles. The molecule has 3 rings (SSSR count). The number of anilines is 4. The van der Waals surface area contributed by atoms with Crippen molar-refractivity contribution in [1.82, 2.24) is 9.97 Å². The third-order valence-electron chi connectivity index (χ3n) is 3.99. The molecular weight excluding hydrogens is 310 g/mol. The van der Waals surface area contributed by atoms with Gasteiger partial charge in [-0.15, -0.1) is 0 Å². The zero-order valence-electron chi connectivity index (χ0n) is 14.8. The first kappa shape index (κ1) is 16.8. The number of aromatic nitrogens is 2. The Hall–Kier alpha value is -3.08. The quantitative estimate of drug-likeness (QED) is 0.697. The van der Waals surface area contributed by atoms with Crippen molar-refractivity contribution in [1.29, 1.82) is 0 Å². The van der Waals surface area contributed by atoms with Crippen LogP contribution in [0.1, 0.15) is 18.5 Å². The highest BCUT2D eigenvalue weighted by atomic mass is 15.1. The van der Waals surface area contributed by atoms with E-state index in [9.17, 15) is 0 Å². The average molecular weight is 333 g/mol. The molecule has 0 radical (unpaired) electrons. The monoisotopic (exact) mass is 333 g/mol. The zero-order chi connectivity index (χ0) is 17.6. The van der Waals surface area contributed by atoms with E-state index in [2.05, 4.69) is 56.7 Å². The molecule has 0 aliphatic rings. The van der Waals surface area contributed by atoms with E-state index >= 15 is 0 Å². The summed E-state index contributed by atoms with van der Waals surface area (Å²) in [6.07, 6.45) is 1.57. The van der Waals surface area contributed by atoms with Crippen LogP contribution in [-0.2, 0) is 0 Å². The molecule has 0 saturated heterocycles. The van der Waals surface area contributed by atoms with E-state index in [1.165, 1.54) is 5.56 Å². The maximum absolute atomic E-state index is 4.31. The van der Waals surface area contributed by atoms with Gasteiger partial charge < -0.3 is 15.5 Å². The summed E-state index contributed by atoms with van der Waals surface area (Å²) in [6.45, 7) is 2.12. The lowest BCUT2D eigenvalue weighted by atomic mass is 10.1. The SMILES string of the molecule is CC(Nc1cc(Nc2ccc(N(C)C)cc2)ncn1)c1ccccc1. The van der Waals surface area contributed by atoms with Crippen LogP contribution in [0.3, 0.4) is 0 Å². The topological polar surface area (TPSA) is 53.1 Å². The molecule has 0 spiro atoms. The molecule has 1 atom stereocenters. The van der Waals surface area contributed by atoms with Crippen molar-refractivity contribution in [2.24, 2.45) is 0 Å². The standard InChI is InChI=1S/C20H23N5/c1-15(16-7-5-4-6-8-16)23-19-13-20(22-14-21-19)24-17-9-11-18(12-10-17)25(2)3/h4-15H,1-3H3,(H2,21,22,23,24). The van der Waals surface area contributed by atoms with Crippen molar-refractivity contribution >= 4 is 23.0 Å². The summed E-state index contributed by atoms with van der Waals surface area (Å²) in [4.78, 5) is 10.7. The van der Waals surface area contributed by atoms with Gasteiger partial charge in [0.1, 0.15) is 18.0 Å². The minimum atomic E-state index is 0.170. The average Bonchev–Trinajstić information content (AvgIpc) is 2.63. The molecule has 0 aliphatic heterocycles. The molecule has 0 amide bonds. The highest BCUT2D eigenvalue weighted by molar-refractivity contribution is 5.62. The number of nitrogens with zero attached hydrogens (tertiary/aromatic N) is 3. The fourth-order valence-corrected chi connectivity index (χ4v) is 2.54. The molecule has 0 bridgehead atoms. The fourth-order valence-electron chi connectivity index (χ4n) is 2.54. The first-order valence-corrected chi connectivity index (χ1v) is 8.30. The van der Waals surface area contributed by atoms with Gasteiger partial charge in [-0.2, -0.15) is 0 Å². The van der Waals surface area contributed by atoms with Crippen molar-refractivity contribution in [3.8, 4) is 0 Å². The maximum atomic E-state index is 4.31. The Kier molecular flexibility index (Phi) is 5.14. The van der Waals surface area contributed by atoms with Gasteiger partial charge in [-0.1, -0.05) is 30.3 Å². The Bertz CT molecular complexity index is 800. The van der Waals surface area contributed by atoms with Crippen LogP contribution in [0.15, 0.2) is 67.0 Å². The van der Waals surface area contributed by atoms with Gasteiger partial charge in [0.15, 0.2) is 0 Å². The summed E-state index contributed by atoms with van der Waals surface area (Å²) < 4.78 is 0. The van der Waals surface area contributed by atoms with Crippen molar-refractivity contribution < 1.29 is 0 Å². The number of hydrogen-bond donors (Lipinski definition) is 2. The summed E-state index contributed by atoms with van der Waals surface area (Å²) in [7, 11) is 4.05. The van der Waals surface area contributed by atoms with Crippen molar-refractivity contribution in [2.45, 2.75) is 13.0 Å². The minimum absolute atomic E-state index is 0.170. The van der Waals surface area contributed by atoms with E-state index in [-0.39, 0.29) is 6.04 Å². The summed E-state index contributed by atoms with van der Waals surface area (Å²) in [5.41, 5.74) is 3.37. The summed E-state index contributed by atoms with van der Waals surface area (Å²) in [5.74, 6) is 1.55. The second-order valence-electron chi connectivity index (χ2n) is 6.13. The molecule has 3 aromatic rings. The van der Waals surface area contributed by atoms with E-state index in [1.807, 2.05) is 50.5 Å². The molecule has 128 valence electrons. The first-order chi connectivity index (χ1) is 12.1. The number of rotatable bonds is 6. The van der Waals surface area contributed by atoms with Crippen LogP contribution in [0.4, 0.5) is 23.0 Å². The van der Waals surface area contributed by atoms with Gasteiger partial charge in [0.05, 0.1) is 0 Å². The predicted molar refractivity (Wildman–Crippen MR) is 105 cm³/mol. The molecule has 0 saturated carbocycles. The van der Waals surface area contributed by atoms with Crippen LogP contribution in [0.5, 0.6) is 0 Å². The zero-order valence-corrected chi connectivity index (χ0v) is 14.8. The summed E-state index contributed by atoms with van der Waals surface area (Å²) in [5, 5.41) is 6.72. The van der Waals surface area contributed by atoms with E-state index in [0.717, 1.165) is 23.0 Å². The molecule has 25 heavy (non-hydrogen) atoms. The maximum Gasteiger partial charge on any atom is 0.135 e. The molecule has 0 fully saturated rings. The molecule has 2 N–H and O–H groups in total. The highest BCUT2D eigenvalue weighted by Gasteiger charge is 2.06. The van der Waals surface area contributed by atoms with E-state index < -0.39 is 0 Å². The van der Waals surface area contributed by atoms with Gasteiger partial charge in [0.2, 0.25) is 0 Å². The van der Waals surface area contributed by atoms with Crippen LogP contribution in [-0.4, -0.2) is 24.1 Å². The van der Waals surface area contributed by atoms with Gasteiger partial charge in [-0.05, 0) is 36.8 Å². The van der Waals surface area contributed by atoms with Gasteiger partial charge in [0, 0.05) is 37.6 Å². The normalized spacial score (nSPS) is 11.6. The Morgan fingerprint density at radius 2 is 1.56 bits per heavy atom. The molecular formula is C20H23N5. The number of hydrogen-bond acceptors (Lipinski definition) is 5. The van der Waals surface area contributed by atoms with Gasteiger partial charge in [0.25, 0.3) is 0 Å². The first-order valence-electron chi connectivity index (χ1n) is 8.30. The van der Waals surface area contributed by atoms with Gasteiger partial charge in [-0.3, -0.25) is 0 Å². The molecule has 1 unspecified atom stereocenters. The fraction of sp³-hybridized carbons (Fsp3) is 0.200. The molecule has 1 aromatic heterocycles. The van der Waals surface area contributed by atoms with Crippen molar-refractivity contribution in [3.05, 3.63) is 72.6 Å². The van der Waals surface area contributed by atoms with Gasteiger partial charge in [-0.25, -0.2) is 9.97 Å². The molecule has 5 nitrogen and oxygen atoms in total. The lowest BCUT2D eigenvalue weighted by Gasteiger charge is -2.16. The third-order valence-corrected chi connectivity index (χ3v) is 3.99. The Morgan fingerprint density at radius 1 is 0.880 bits per heavy atom. The third kappa shape index (κ3) is 4.47. The Balaban J connectivity index is 1.69. The smallest absolute Gasteiger partial charge is 0.135 e. The van der Waals surface area contributed by atoms with E-state index in [1.54, 1.807) is 6.33 Å². The largest absolute Gasteiger partial charge is 0.378 e.